The number of hydrogen-bond donors (Lipinski definition) is 1. The minimum absolute atomic E-state index is 0.0152. The molecular formula is C20H17F3N4O2. The Kier molecular flexibility index (Phi) is 3.94. The van der Waals surface area contributed by atoms with Gasteiger partial charge in [-0.2, -0.15) is 18.3 Å². The molecule has 4 heterocycles. The third kappa shape index (κ3) is 2.97. The summed E-state index contributed by atoms with van der Waals surface area (Å²) < 4.78 is 47.3. The van der Waals surface area contributed by atoms with Crippen molar-refractivity contribution in [2.45, 2.75) is 31.1 Å². The van der Waals surface area contributed by atoms with Crippen LogP contribution >= 0.6 is 0 Å². The summed E-state index contributed by atoms with van der Waals surface area (Å²) in [5.41, 5.74) is 1.80. The van der Waals surface area contributed by atoms with Gasteiger partial charge in [0.15, 0.2) is 11.7 Å². The highest BCUT2D eigenvalue weighted by Gasteiger charge is 2.47. The van der Waals surface area contributed by atoms with Gasteiger partial charge in [0.2, 0.25) is 0 Å². The molecule has 6 nitrogen and oxygen atoms in total. The largest absolute Gasteiger partial charge is 0.467 e. The van der Waals surface area contributed by atoms with Crippen molar-refractivity contribution in [3.63, 3.8) is 0 Å². The number of fused-ring (bicyclic) bond motifs is 2. The summed E-state index contributed by atoms with van der Waals surface area (Å²) in [7, 11) is 0. The minimum atomic E-state index is -4.51. The topological polar surface area (TPSA) is 63.3 Å². The molecule has 0 spiro atoms. The van der Waals surface area contributed by atoms with Crippen molar-refractivity contribution in [3.05, 3.63) is 65.7 Å². The third-order valence-corrected chi connectivity index (χ3v) is 5.43. The highest BCUT2D eigenvalue weighted by molar-refractivity contribution is 6.06. The monoisotopic (exact) mass is 402 g/mol. The first-order chi connectivity index (χ1) is 13.9. The van der Waals surface area contributed by atoms with Gasteiger partial charge in [-0.15, -0.1) is 0 Å². The highest BCUT2D eigenvalue weighted by atomic mass is 19.4. The molecule has 0 aliphatic carbocycles. The number of para-hydroxylation sites is 1. The van der Waals surface area contributed by atoms with E-state index in [0.717, 1.165) is 15.9 Å². The minimum Gasteiger partial charge on any atom is -0.467 e. The molecule has 5 rings (SSSR count). The molecule has 0 bridgehead atoms. The number of anilines is 2. The van der Waals surface area contributed by atoms with Gasteiger partial charge < -0.3 is 14.6 Å². The van der Waals surface area contributed by atoms with Crippen molar-refractivity contribution in [3.8, 4) is 0 Å². The Bertz CT molecular complexity index is 1060. The second-order valence-corrected chi connectivity index (χ2v) is 7.20. The van der Waals surface area contributed by atoms with Crippen LogP contribution in [0.25, 0.3) is 0 Å². The average molecular weight is 402 g/mol. The average Bonchev–Trinajstić information content (AvgIpc) is 3.44. The quantitative estimate of drug-likeness (QED) is 0.693. The summed E-state index contributed by atoms with van der Waals surface area (Å²) in [6, 6.07) is 9.65. The van der Waals surface area contributed by atoms with Crippen molar-refractivity contribution in [2.75, 3.05) is 16.8 Å². The predicted octanol–water partition coefficient (Wildman–Crippen LogP) is 4.34. The van der Waals surface area contributed by atoms with E-state index in [1.807, 2.05) is 24.3 Å². The van der Waals surface area contributed by atoms with Crippen LogP contribution in [0.15, 0.2) is 53.1 Å². The molecule has 1 aromatic carbocycles. The predicted molar refractivity (Wildman–Crippen MR) is 98.8 cm³/mol. The smallest absolute Gasteiger partial charge is 0.410 e. The molecule has 1 N–H and O–H groups in total. The van der Waals surface area contributed by atoms with Crippen molar-refractivity contribution in [2.24, 2.45) is 0 Å². The molecule has 0 saturated heterocycles. The molecule has 29 heavy (non-hydrogen) atoms. The zero-order valence-electron chi connectivity index (χ0n) is 15.2. The number of furan rings is 1. The standard InChI is InChI=1S/C20H17F3N4O2/c21-20(22,23)17-10-13(16-6-3-9-29-16)24-18-11-14(25-27(17)18)19(28)26-8-7-12-4-1-2-5-15(12)26/h1-6,9,11,13,17,24H,7-8,10H2/t13-,17-/m1/s1. The zero-order chi connectivity index (χ0) is 20.2. The van der Waals surface area contributed by atoms with Gasteiger partial charge in [0.1, 0.15) is 11.6 Å². The van der Waals surface area contributed by atoms with E-state index in [0.29, 0.717) is 18.7 Å². The van der Waals surface area contributed by atoms with E-state index < -0.39 is 24.2 Å². The Morgan fingerprint density at radius 2 is 2.03 bits per heavy atom. The first-order valence-corrected chi connectivity index (χ1v) is 9.28. The van der Waals surface area contributed by atoms with E-state index in [4.69, 9.17) is 4.42 Å². The number of alkyl halides is 3. The van der Waals surface area contributed by atoms with Crippen molar-refractivity contribution in [1.29, 1.82) is 0 Å². The Balaban J connectivity index is 1.50. The fourth-order valence-electron chi connectivity index (χ4n) is 4.04. The Hall–Kier alpha value is -3.23. The fourth-order valence-corrected chi connectivity index (χ4v) is 4.04. The Morgan fingerprint density at radius 3 is 2.79 bits per heavy atom. The van der Waals surface area contributed by atoms with Crippen LogP contribution in [0.5, 0.6) is 0 Å². The number of benzene rings is 1. The summed E-state index contributed by atoms with van der Waals surface area (Å²) in [5.74, 6) is 0.151. The molecule has 0 radical (unpaired) electrons. The van der Waals surface area contributed by atoms with Gasteiger partial charge in [0.25, 0.3) is 5.91 Å². The van der Waals surface area contributed by atoms with Gasteiger partial charge in [-0.25, -0.2) is 4.68 Å². The number of hydrogen-bond acceptors (Lipinski definition) is 4. The maximum Gasteiger partial charge on any atom is 0.410 e. The lowest BCUT2D eigenvalue weighted by atomic mass is 10.0. The lowest BCUT2D eigenvalue weighted by Gasteiger charge is -2.32. The first-order valence-electron chi connectivity index (χ1n) is 9.28. The summed E-state index contributed by atoms with van der Waals surface area (Å²) in [5, 5.41) is 7.07. The van der Waals surface area contributed by atoms with Crippen LogP contribution < -0.4 is 10.2 Å². The third-order valence-electron chi connectivity index (χ3n) is 5.43. The molecule has 0 unspecified atom stereocenters. The zero-order valence-corrected chi connectivity index (χ0v) is 15.2. The molecule has 2 aliphatic heterocycles. The highest BCUT2D eigenvalue weighted by Crippen LogP contribution is 2.44. The SMILES string of the molecule is O=C(c1cc2n(n1)[C@@H](C(F)(F)F)C[C@H](c1ccco1)N2)N1CCc2ccccc21. The van der Waals surface area contributed by atoms with Gasteiger partial charge >= 0.3 is 6.18 Å². The molecule has 2 atom stereocenters. The van der Waals surface area contributed by atoms with Gasteiger partial charge in [-0.1, -0.05) is 18.2 Å². The van der Waals surface area contributed by atoms with Crippen LogP contribution in [-0.2, 0) is 6.42 Å². The molecule has 3 aromatic rings. The van der Waals surface area contributed by atoms with Gasteiger partial charge in [0.05, 0.1) is 12.3 Å². The second-order valence-electron chi connectivity index (χ2n) is 7.20. The summed E-state index contributed by atoms with van der Waals surface area (Å²) in [6.45, 7) is 0.478. The maximum atomic E-state index is 13.7. The van der Waals surface area contributed by atoms with Crippen LogP contribution in [0.2, 0.25) is 0 Å². The maximum absolute atomic E-state index is 13.7. The van der Waals surface area contributed by atoms with Crippen molar-refractivity contribution in [1.82, 2.24) is 9.78 Å². The van der Waals surface area contributed by atoms with E-state index in [2.05, 4.69) is 10.4 Å². The number of carbonyl (C=O) groups excluding carboxylic acids is 1. The summed E-state index contributed by atoms with van der Waals surface area (Å²) in [6.07, 6.45) is -2.65. The molecule has 2 aliphatic rings. The number of amides is 1. The lowest BCUT2D eigenvalue weighted by molar-refractivity contribution is -0.174. The van der Waals surface area contributed by atoms with E-state index in [-0.39, 0.29) is 17.9 Å². The van der Waals surface area contributed by atoms with Crippen LogP contribution in [0.3, 0.4) is 0 Å². The summed E-state index contributed by atoms with van der Waals surface area (Å²) >= 11 is 0. The van der Waals surface area contributed by atoms with E-state index in [1.54, 1.807) is 17.0 Å². The number of nitrogens with one attached hydrogen (secondary N) is 1. The molecule has 0 saturated carbocycles. The molecule has 1 amide bonds. The van der Waals surface area contributed by atoms with Crippen LogP contribution in [-0.4, -0.2) is 28.4 Å². The van der Waals surface area contributed by atoms with Crippen LogP contribution in [0, 0.1) is 0 Å². The van der Waals surface area contributed by atoms with Gasteiger partial charge in [0, 0.05) is 24.7 Å². The lowest BCUT2D eigenvalue weighted by Crippen LogP contribution is -2.35. The number of carbonyl (C=O) groups is 1. The van der Waals surface area contributed by atoms with E-state index >= 15 is 0 Å². The normalized spacial score (nSPS) is 20.9. The van der Waals surface area contributed by atoms with Crippen molar-refractivity contribution >= 4 is 17.4 Å². The molecule has 0 fully saturated rings. The van der Waals surface area contributed by atoms with Crippen LogP contribution in [0.4, 0.5) is 24.7 Å². The van der Waals surface area contributed by atoms with Gasteiger partial charge in [-0.3, -0.25) is 4.79 Å². The second kappa shape index (κ2) is 6.40. The van der Waals surface area contributed by atoms with Gasteiger partial charge in [-0.05, 0) is 30.2 Å². The van der Waals surface area contributed by atoms with E-state index in [1.165, 1.54) is 12.3 Å². The molecule has 9 heteroatoms. The van der Waals surface area contributed by atoms with E-state index in [9.17, 15) is 18.0 Å². The fraction of sp³-hybridized carbons (Fsp3) is 0.300. The summed E-state index contributed by atoms with van der Waals surface area (Å²) in [4.78, 5) is 14.6. The number of halogens is 3. The number of rotatable bonds is 2. The molecular weight excluding hydrogens is 385 g/mol. The van der Waals surface area contributed by atoms with Crippen molar-refractivity contribution < 1.29 is 22.4 Å². The first kappa shape index (κ1) is 17.8. The Morgan fingerprint density at radius 1 is 1.21 bits per heavy atom. The molecule has 150 valence electrons. The number of nitrogens with zero attached hydrogens (tertiary/aromatic N) is 3. The molecule has 2 aromatic heterocycles. The van der Waals surface area contributed by atoms with Crippen LogP contribution in [0.1, 0.15) is 40.3 Å². The Labute approximate surface area is 163 Å². The number of aromatic nitrogens is 2.